The molecule has 3 aliphatic heterocycles. The molecule has 2 saturated heterocycles. The summed E-state index contributed by atoms with van der Waals surface area (Å²) in [6.07, 6.45) is 2.14. The Morgan fingerprint density at radius 2 is 1.80 bits per heavy atom. The maximum atomic E-state index is 14.3. The molecule has 4 amide bonds. The van der Waals surface area contributed by atoms with E-state index in [0.29, 0.717) is 38.3 Å². The van der Waals surface area contributed by atoms with Crippen LogP contribution < -0.4 is 15.5 Å². The molecule has 0 radical (unpaired) electrons. The third-order valence-corrected chi connectivity index (χ3v) is 8.45. The van der Waals surface area contributed by atoms with Gasteiger partial charge in [0.2, 0.25) is 0 Å². The van der Waals surface area contributed by atoms with Crippen LogP contribution in [0.4, 0.5) is 29.7 Å². The van der Waals surface area contributed by atoms with E-state index in [1.54, 1.807) is 18.2 Å². The van der Waals surface area contributed by atoms with Crippen LogP contribution in [-0.2, 0) is 14.3 Å². The second kappa shape index (κ2) is 13.6. The lowest BCUT2D eigenvalue weighted by Gasteiger charge is -2.38. The van der Waals surface area contributed by atoms with Gasteiger partial charge in [-0.2, -0.15) is 0 Å². The van der Waals surface area contributed by atoms with Gasteiger partial charge in [-0.3, -0.25) is 15.0 Å². The molecule has 2 aromatic carbocycles. The molecular weight excluding hydrogens is 594 g/mol. The first-order valence-electron chi connectivity index (χ1n) is 14.5. The summed E-state index contributed by atoms with van der Waals surface area (Å²) in [6.45, 7) is 2.26. The van der Waals surface area contributed by atoms with E-state index in [9.17, 15) is 33.3 Å². The molecule has 3 aliphatic rings. The number of rotatable bonds is 8. The maximum absolute atomic E-state index is 14.3. The van der Waals surface area contributed by atoms with E-state index in [2.05, 4.69) is 15.5 Å². The number of esters is 1. The van der Waals surface area contributed by atoms with Crippen molar-refractivity contribution in [3.05, 3.63) is 81.0 Å². The molecule has 2 atom stereocenters. The minimum absolute atomic E-state index is 0.00800. The molecule has 1 unspecified atom stereocenters. The third kappa shape index (κ3) is 6.59. The van der Waals surface area contributed by atoms with Crippen molar-refractivity contribution in [2.75, 3.05) is 51.9 Å². The topological polar surface area (TPSA) is 147 Å². The average molecular weight is 629 g/mol. The number of carbonyl (C=O) groups is 3. The molecule has 2 N–H and O–H groups in total. The summed E-state index contributed by atoms with van der Waals surface area (Å²) in [7, 11) is 2.47. The minimum Gasteiger partial charge on any atom is -0.466 e. The molecule has 5 rings (SSSR count). The largest absolute Gasteiger partial charge is 0.466 e. The Balaban J connectivity index is 1.30. The van der Waals surface area contributed by atoms with Crippen molar-refractivity contribution in [3.8, 4) is 0 Å². The molecule has 3 heterocycles. The Morgan fingerprint density at radius 3 is 2.47 bits per heavy atom. The molecule has 45 heavy (non-hydrogen) atoms. The van der Waals surface area contributed by atoms with Crippen LogP contribution in [0.3, 0.4) is 0 Å². The number of nitrogens with one attached hydrogen (secondary N) is 2. The Labute approximate surface area is 257 Å². The summed E-state index contributed by atoms with van der Waals surface area (Å²) in [5.41, 5.74) is 0.539. The van der Waals surface area contributed by atoms with Gasteiger partial charge in [-0.05, 0) is 43.0 Å². The zero-order valence-corrected chi connectivity index (χ0v) is 24.8. The van der Waals surface area contributed by atoms with Crippen molar-refractivity contribution in [1.29, 1.82) is 0 Å². The van der Waals surface area contributed by atoms with E-state index >= 15 is 0 Å². The van der Waals surface area contributed by atoms with Gasteiger partial charge in [-0.15, -0.1) is 0 Å². The molecule has 15 heteroatoms. The highest BCUT2D eigenvalue weighted by molar-refractivity contribution is 6.01. The first-order chi connectivity index (χ1) is 21.6. The third-order valence-electron chi connectivity index (χ3n) is 8.45. The van der Waals surface area contributed by atoms with E-state index in [1.165, 1.54) is 19.2 Å². The van der Waals surface area contributed by atoms with Crippen molar-refractivity contribution in [2.24, 2.45) is 0 Å². The van der Waals surface area contributed by atoms with Crippen LogP contribution in [0, 0.1) is 21.7 Å². The van der Waals surface area contributed by atoms with Crippen molar-refractivity contribution >= 4 is 29.4 Å². The Bertz CT molecular complexity index is 1510. The van der Waals surface area contributed by atoms with Gasteiger partial charge in [-0.1, -0.05) is 18.2 Å². The number of halogens is 2. The fourth-order valence-corrected chi connectivity index (χ4v) is 6.32. The standard InChI is InChI=1S/C30H34F2N6O7/c1-44-17-23-26(28(39)45-2)27(18-7-8-21(31)22(32)15-18)37(30(41)34-23)29(40)33-19-9-12-36(16-19)20-10-13-35(14-11-20)24-5-3-4-6-25(24)38(42)43/h3-8,15,19-20,27H,9-14,16-17H2,1-2H3,(H,33,40)(H,34,41)/t19?,27-/m0/s1. The number of nitrogens with zero attached hydrogens (tertiary/aromatic N) is 4. The van der Waals surface area contributed by atoms with Gasteiger partial charge in [0.15, 0.2) is 11.6 Å². The molecular formula is C30H34F2N6O7. The summed E-state index contributed by atoms with van der Waals surface area (Å²) < 4.78 is 38.2. The number of nitro groups is 1. The van der Waals surface area contributed by atoms with E-state index < -0.39 is 35.7 Å². The molecule has 0 saturated carbocycles. The van der Waals surface area contributed by atoms with E-state index in [0.717, 1.165) is 37.0 Å². The number of likely N-dealkylation sites (tertiary alicyclic amines) is 1. The van der Waals surface area contributed by atoms with Crippen LogP contribution in [0.5, 0.6) is 0 Å². The molecule has 0 spiro atoms. The number of anilines is 1. The Morgan fingerprint density at radius 1 is 1.07 bits per heavy atom. The smallest absolute Gasteiger partial charge is 0.338 e. The molecule has 2 fully saturated rings. The fraction of sp³-hybridized carbons (Fsp3) is 0.433. The van der Waals surface area contributed by atoms with Gasteiger partial charge in [0.25, 0.3) is 5.69 Å². The predicted octanol–water partition coefficient (Wildman–Crippen LogP) is 3.47. The van der Waals surface area contributed by atoms with Crippen LogP contribution in [0.25, 0.3) is 0 Å². The summed E-state index contributed by atoms with van der Waals surface area (Å²) in [6, 6.07) is 6.31. The number of para-hydroxylation sites is 2. The maximum Gasteiger partial charge on any atom is 0.338 e. The quantitative estimate of drug-likeness (QED) is 0.255. The number of piperidine rings is 1. The zero-order valence-electron chi connectivity index (χ0n) is 24.8. The first-order valence-corrected chi connectivity index (χ1v) is 14.5. The van der Waals surface area contributed by atoms with E-state index in [4.69, 9.17) is 9.47 Å². The summed E-state index contributed by atoms with van der Waals surface area (Å²) in [5.74, 6) is -3.22. The first kappa shape index (κ1) is 31.8. The van der Waals surface area contributed by atoms with Crippen molar-refractivity contribution in [2.45, 2.75) is 37.4 Å². The van der Waals surface area contributed by atoms with Crippen LogP contribution in [0.15, 0.2) is 53.7 Å². The number of nitro benzene ring substituents is 1. The van der Waals surface area contributed by atoms with Gasteiger partial charge < -0.3 is 25.0 Å². The zero-order chi connectivity index (χ0) is 32.2. The molecule has 2 aromatic rings. The van der Waals surface area contributed by atoms with E-state index in [-0.39, 0.29) is 46.1 Å². The van der Waals surface area contributed by atoms with Crippen LogP contribution in [-0.4, -0.2) is 91.8 Å². The van der Waals surface area contributed by atoms with Gasteiger partial charge >= 0.3 is 18.0 Å². The predicted molar refractivity (Wildman–Crippen MR) is 157 cm³/mol. The lowest BCUT2D eigenvalue weighted by atomic mass is 9.93. The number of amides is 4. The summed E-state index contributed by atoms with van der Waals surface area (Å²) in [5, 5.41) is 16.9. The lowest BCUT2D eigenvalue weighted by Crippen LogP contribution is -2.57. The number of carbonyl (C=O) groups excluding carboxylic acids is 3. The van der Waals surface area contributed by atoms with Crippen LogP contribution in [0.2, 0.25) is 0 Å². The van der Waals surface area contributed by atoms with Gasteiger partial charge in [0, 0.05) is 51.4 Å². The monoisotopic (exact) mass is 628 g/mol. The van der Waals surface area contributed by atoms with Crippen molar-refractivity contribution in [3.63, 3.8) is 0 Å². The van der Waals surface area contributed by atoms with E-state index in [1.807, 2.05) is 4.90 Å². The number of imide groups is 1. The lowest BCUT2D eigenvalue weighted by molar-refractivity contribution is -0.384. The highest BCUT2D eigenvalue weighted by atomic mass is 19.2. The van der Waals surface area contributed by atoms with Crippen molar-refractivity contribution in [1.82, 2.24) is 20.4 Å². The molecule has 0 aromatic heterocycles. The van der Waals surface area contributed by atoms with Crippen LogP contribution >= 0.6 is 0 Å². The molecule has 13 nitrogen and oxygen atoms in total. The summed E-state index contributed by atoms with van der Waals surface area (Å²) >= 11 is 0. The number of ether oxygens (including phenoxy) is 2. The Hall–Kier alpha value is -4.63. The number of methoxy groups -OCH3 is 2. The van der Waals surface area contributed by atoms with Gasteiger partial charge in [0.05, 0.1) is 29.9 Å². The van der Waals surface area contributed by atoms with Crippen LogP contribution in [0.1, 0.15) is 30.9 Å². The van der Waals surface area contributed by atoms with Gasteiger partial charge in [0.1, 0.15) is 11.7 Å². The number of urea groups is 2. The SMILES string of the molecule is COCC1=C(C(=O)OC)[C@H](c2ccc(F)c(F)c2)N(C(=O)NC2CCN(C3CCN(c4ccccc4[N+](=O)[O-])CC3)C2)C(=O)N1. The second-order valence-corrected chi connectivity index (χ2v) is 11.1. The number of hydrogen-bond donors (Lipinski definition) is 2. The van der Waals surface area contributed by atoms with Gasteiger partial charge in [-0.25, -0.2) is 28.1 Å². The van der Waals surface area contributed by atoms with Crippen molar-refractivity contribution < 1.29 is 37.6 Å². The normalized spacial score (nSPS) is 21.1. The molecule has 0 bridgehead atoms. The molecule has 240 valence electrons. The number of hydrogen-bond acceptors (Lipinski definition) is 9. The molecule has 0 aliphatic carbocycles. The second-order valence-electron chi connectivity index (χ2n) is 11.1. The minimum atomic E-state index is -1.42. The Kier molecular flexibility index (Phi) is 9.58. The average Bonchev–Trinajstić information content (AvgIpc) is 3.50. The highest BCUT2D eigenvalue weighted by Crippen LogP contribution is 2.36. The fourth-order valence-electron chi connectivity index (χ4n) is 6.32. The summed E-state index contributed by atoms with van der Waals surface area (Å²) in [4.78, 5) is 56.1. The number of benzene rings is 2. The highest BCUT2D eigenvalue weighted by Gasteiger charge is 2.44.